The van der Waals surface area contributed by atoms with Crippen LogP contribution in [0.15, 0.2) is 36.5 Å². The molecule has 30 heavy (non-hydrogen) atoms. The number of halogens is 3. The van der Waals surface area contributed by atoms with Crippen LogP contribution >= 0.6 is 0 Å². The molecular formula is C21H26F3N5O. The van der Waals surface area contributed by atoms with E-state index in [-0.39, 0.29) is 11.5 Å². The largest absolute Gasteiger partial charge is 0.407 e. The van der Waals surface area contributed by atoms with Gasteiger partial charge >= 0.3 is 6.18 Å². The molecule has 1 aromatic carbocycles. The van der Waals surface area contributed by atoms with Gasteiger partial charge in [-0.2, -0.15) is 13.2 Å². The van der Waals surface area contributed by atoms with E-state index in [0.717, 1.165) is 32.1 Å². The Balaban J connectivity index is 1.66. The van der Waals surface area contributed by atoms with Gasteiger partial charge in [0.05, 0.1) is 17.9 Å². The first-order valence-corrected chi connectivity index (χ1v) is 10.4. The van der Waals surface area contributed by atoms with E-state index in [4.69, 9.17) is 5.73 Å². The number of nitrogens with two attached hydrogens (primary N) is 1. The van der Waals surface area contributed by atoms with Crippen LogP contribution in [0.1, 0.15) is 68.3 Å². The molecule has 2 atom stereocenters. The lowest BCUT2D eigenvalue weighted by atomic mass is 9.82. The van der Waals surface area contributed by atoms with Crippen molar-refractivity contribution in [3.05, 3.63) is 47.8 Å². The Morgan fingerprint density at radius 1 is 1.17 bits per heavy atom. The first kappa shape index (κ1) is 20.8. The summed E-state index contributed by atoms with van der Waals surface area (Å²) in [4.78, 5) is 11.8. The Bertz CT molecular complexity index is 872. The molecule has 4 rings (SSSR count). The molecule has 1 amide bonds. The van der Waals surface area contributed by atoms with E-state index < -0.39 is 29.7 Å². The lowest BCUT2D eigenvalue weighted by Gasteiger charge is -2.34. The van der Waals surface area contributed by atoms with Crippen LogP contribution in [0.5, 0.6) is 0 Å². The summed E-state index contributed by atoms with van der Waals surface area (Å²) in [6.45, 7) is 0. The van der Waals surface area contributed by atoms with E-state index in [1.165, 1.54) is 16.8 Å². The Labute approximate surface area is 173 Å². The molecule has 162 valence electrons. The summed E-state index contributed by atoms with van der Waals surface area (Å²) in [5.74, 6) is -0.472. The van der Waals surface area contributed by atoms with Gasteiger partial charge in [0, 0.05) is 0 Å². The number of amides is 1. The summed E-state index contributed by atoms with van der Waals surface area (Å²) in [6, 6.07) is 5.42. The van der Waals surface area contributed by atoms with Crippen molar-refractivity contribution >= 4 is 5.91 Å². The van der Waals surface area contributed by atoms with Gasteiger partial charge in [0.25, 0.3) is 0 Å². The highest BCUT2D eigenvalue weighted by Gasteiger charge is 2.52. The second-order valence-electron chi connectivity index (χ2n) is 8.41. The Morgan fingerprint density at radius 2 is 1.83 bits per heavy atom. The zero-order chi connectivity index (χ0) is 21.4. The lowest BCUT2D eigenvalue weighted by Crippen LogP contribution is -2.40. The van der Waals surface area contributed by atoms with Crippen molar-refractivity contribution in [3.8, 4) is 0 Å². The van der Waals surface area contributed by atoms with Gasteiger partial charge in [0.2, 0.25) is 5.91 Å². The molecule has 2 fully saturated rings. The minimum absolute atomic E-state index is 0.0150. The van der Waals surface area contributed by atoms with Crippen molar-refractivity contribution in [2.75, 3.05) is 0 Å². The number of aromatic nitrogens is 3. The summed E-state index contributed by atoms with van der Waals surface area (Å²) >= 11 is 0. The van der Waals surface area contributed by atoms with Crippen LogP contribution in [0.25, 0.3) is 0 Å². The molecule has 0 spiro atoms. The molecule has 2 aromatic rings. The maximum Gasteiger partial charge on any atom is 0.407 e. The second-order valence-corrected chi connectivity index (χ2v) is 8.41. The average Bonchev–Trinajstić information content (AvgIpc) is 3.41. The Morgan fingerprint density at radius 3 is 2.40 bits per heavy atom. The molecule has 2 saturated carbocycles. The van der Waals surface area contributed by atoms with Crippen LogP contribution in [0, 0.1) is 5.92 Å². The van der Waals surface area contributed by atoms with Gasteiger partial charge in [-0.25, -0.2) is 4.68 Å². The number of carbonyl (C=O) groups excluding carboxylic acids is 1. The SMILES string of the molecule is NC(=O)C1(n2cc([C@@H](N[C@@H](c3ccccc3)C(F)(F)F)C3CCCCC3)nn2)CC1. The number of hydrogen-bond acceptors (Lipinski definition) is 4. The number of nitrogens with zero attached hydrogens (tertiary/aromatic N) is 3. The van der Waals surface area contributed by atoms with Crippen molar-refractivity contribution < 1.29 is 18.0 Å². The highest BCUT2D eigenvalue weighted by molar-refractivity contribution is 5.85. The number of carbonyl (C=O) groups is 1. The zero-order valence-corrected chi connectivity index (χ0v) is 16.6. The van der Waals surface area contributed by atoms with Gasteiger partial charge < -0.3 is 5.73 Å². The average molecular weight is 421 g/mol. The number of alkyl halides is 3. The van der Waals surface area contributed by atoms with Gasteiger partial charge in [0.1, 0.15) is 11.6 Å². The van der Waals surface area contributed by atoms with Crippen LogP contribution < -0.4 is 11.1 Å². The highest BCUT2D eigenvalue weighted by atomic mass is 19.4. The minimum atomic E-state index is -4.46. The van der Waals surface area contributed by atoms with Gasteiger partial charge in [-0.1, -0.05) is 54.8 Å². The highest BCUT2D eigenvalue weighted by Crippen LogP contribution is 2.44. The first-order chi connectivity index (χ1) is 14.3. The van der Waals surface area contributed by atoms with Crippen LogP contribution in [-0.2, 0) is 10.3 Å². The molecule has 0 radical (unpaired) electrons. The van der Waals surface area contributed by atoms with E-state index in [0.29, 0.717) is 18.5 Å². The fourth-order valence-electron chi connectivity index (χ4n) is 4.47. The van der Waals surface area contributed by atoms with Crippen LogP contribution in [0.2, 0.25) is 0 Å². The third-order valence-corrected chi connectivity index (χ3v) is 6.38. The predicted octanol–water partition coefficient (Wildman–Crippen LogP) is 3.77. The maximum absolute atomic E-state index is 14.0. The van der Waals surface area contributed by atoms with E-state index in [1.54, 1.807) is 24.4 Å². The van der Waals surface area contributed by atoms with Gasteiger partial charge in [-0.05, 0) is 37.2 Å². The Kier molecular flexibility index (Phi) is 5.57. The fraction of sp³-hybridized carbons (Fsp3) is 0.571. The van der Waals surface area contributed by atoms with Crippen molar-refractivity contribution in [1.29, 1.82) is 0 Å². The summed E-state index contributed by atoms with van der Waals surface area (Å²) in [5, 5.41) is 11.1. The number of nitrogens with one attached hydrogen (secondary N) is 1. The third-order valence-electron chi connectivity index (χ3n) is 6.38. The smallest absolute Gasteiger partial charge is 0.368 e. The summed E-state index contributed by atoms with van der Waals surface area (Å²) < 4.78 is 43.4. The molecule has 9 heteroatoms. The quantitative estimate of drug-likeness (QED) is 0.713. The monoisotopic (exact) mass is 421 g/mol. The second kappa shape index (κ2) is 8.02. The number of hydrogen-bond donors (Lipinski definition) is 2. The molecule has 2 aliphatic rings. The van der Waals surface area contributed by atoms with E-state index >= 15 is 0 Å². The topological polar surface area (TPSA) is 85.8 Å². The molecule has 1 heterocycles. The minimum Gasteiger partial charge on any atom is -0.368 e. The fourth-order valence-corrected chi connectivity index (χ4v) is 4.47. The molecule has 1 aromatic heterocycles. The standard InChI is InChI=1S/C21H26F3N5O/c22-21(23,24)18(15-9-5-2-6-10-15)26-17(14-7-3-1-4-8-14)16-13-29(28-27-16)20(11-12-20)19(25)30/h2,5-6,9-10,13-14,17-18,26H,1,3-4,7-8,11-12H2,(H2,25,30)/t17-,18-/m0/s1. The molecule has 0 saturated heterocycles. The molecule has 6 nitrogen and oxygen atoms in total. The lowest BCUT2D eigenvalue weighted by molar-refractivity contribution is -0.161. The molecule has 0 aliphatic heterocycles. The first-order valence-electron chi connectivity index (χ1n) is 10.4. The molecule has 0 unspecified atom stereocenters. The van der Waals surface area contributed by atoms with Crippen molar-refractivity contribution in [2.24, 2.45) is 11.7 Å². The predicted molar refractivity (Wildman–Crippen MR) is 104 cm³/mol. The Hall–Kier alpha value is -2.42. The van der Waals surface area contributed by atoms with E-state index in [9.17, 15) is 18.0 Å². The van der Waals surface area contributed by atoms with Crippen LogP contribution in [0.4, 0.5) is 13.2 Å². The normalized spacial score (nSPS) is 21.2. The van der Waals surface area contributed by atoms with Crippen molar-refractivity contribution in [3.63, 3.8) is 0 Å². The van der Waals surface area contributed by atoms with Crippen molar-refractivity contribution in [2.45, 2.75) is 68.7 Å². The van der Waals surface area contributed by atoms with Crippen molar-refractivity contribution in [1.82, 2.24) is 20.3 Å². The summed E-state index contributed by atoms with van der Waals surface area (Å²) in [5.41, 5.74) is 5.22. The summed E-state index contributed by atoms with van der Waals surface area (Å²) in [6.07, 6.45) is 2.97. The summed E-state index contributed by atoms with van der Waals surface area (Å²) in [7, 11) is 0. The molecule has 3 N–H and O–H groups in total. The van der Waals surface area contributed by atoms with E-state index in [2.05, 4.69) is 15.6 Å². The molecule has 0 bridgehead atoms. The van der Waals surface area contributed by atoms with Crippen LogP contribution in [0.3, 0.4) is 0 Å². The maximum atomic E-state index is 14.0. The zero-order valence-electron chi connectivity index (χ0n) is 16.6. The number of rotatable bonds is 7. The molecular weight excluding hydrogens is 395 g/mol. The van der Waals surface area contributed by atoms with Gasteiger partial charge in [-0.15, -0.1) is 5.10 Å². The number of benzene rings is 1. The van der Waals surface area contributed by atoms with Gasteiger partial charge in [-0.3, -0.25) is 10.1 Å². The van der Waals surface area contributed by atoms with Gasteiger partial charge in [0.15, 0.2) is 0 Å². The van der Waals surface area contributed by atoms with E-state index in [1.807, 2.05) is 0 Å². The number of primary amides is 1. The van der Waals surface area contributed by atoms with Crippen LogP contribution in [-0.4, -0.2) is 27.1 Å². The third kappa shape index (κ3) is 4.08. The molecule has 2 aliphatic carbocycles.